The zero-order valence-corrected chi connectivity index (χ0v) is 9.18. The first-order chi connectivity index (χ1) is 8.25. The van der Waals surface area contributed by atoms with Gasteiger partial charge in [-0.15, -0.1) is 0 Å². The van der Waals surface area contributed by atoms with Gasteiger partial charge < -0.3 is 5.73 Å². The van der Waals surface area contributed by atoms with E-state index in [2.05, 4.69) is 30.3 Å². The highest BCUT2D eigenvalue weighted by molar-refractivity contribution is 6.12. The fraction of sp³-hybridized carbons (Fsp3) is 0. The summed E-state index contributed by atoms with van der Waals surface area (Å²) in [6.07, 6.45) is 5.25. The van der Waals surface area contributed by atoms with Gasteiger partial charge in [-0.3, -0.25) is 4.79 Å². The second kappa shape index (κ2) is 3.59. The lowest BCUT2D eigenvalue weighted by atomic mass is 10.0. The van der Waals surface area contributed by atoms with Crippen LogP contribution in [-0.4, -0.2) is 5.91 Å². The van der Waals surface area contributed by atoms with Gasteiger partial charge in [-0.25, -0.2) is 0 Å². The highest BCUT2D eigenvalue weighted by Crippen LogP contribution is 2.36. The fourth-order valence-corrected chi connectivity index (χ4v) is 2.29. The number of carbonyl (C=O) groups is 1. The summed E-state index contributed by atoms with van der Waals surface area (Å²) in [4.78, 5) is 10.8. The van der Waals surface area contributed by atoms with Crippen molar-refractivity contribution in [2.45, 2.75) is 0 Å². The first kappa shape index (κ1) is 9.85. The van der Waals surface area contributed by atoms with E-state index in [0.29, 0.717) is 0 Å². The number of allylic oxidation sites excluding steroid dienone is 2. The Morgan fingerprint density at radius 3 is 2.65 bits per heavy atom. The number of rotatable bonds is 2. The molecule has 2 heteroatoms. The van der Waals surface area contributed by atoms with Crippen LogP contribution in [0.1, 0.15) is 11.1 Å². The van der Waals surface area contributed by atoms with Gasteiger partial charge in [0.2, 0.25) is 5.91 Å². The number of hydrogen-bond acceptors (Lipinski definition) is 1. The van der Waals surface area contributed by atoms with Crippen LogP contribution >= 0.6 is 0 Å². The second-order valence-electron chi connectivity index (χ2n) is 4.09. The molecule has 0 saturated heterocycles. The third-order valence-electron chi connectivity index (χ3n) is 2.99. The summed E-state index contributed by atoms with van der Waals surface area (Å²) >= 11 is 0. The molecule has 0 bridgehead atoms. The first-order valence-electron chi connectivity index (χ1n) is 5.47. The third-order valence-corrected chi connectivity index (χ3v) is 2.99. The zero-order valence-electron chi connectivity index (χ0n) is 9.18. The van der Waals surface area contributed by atoms with Gasteiger partial charge in [-0.2, -0.15) is 0 Å². The van der Waals surface area contributed by atoms with Crippen molar-refractivity contribution in [3.05, 3.63) is 59.7 Å². The average Bonchev–Trinajstić information content (AvgIpc) is 2.68. The summed E-state index contributed by atoms with van der Waals surface area (Å²) < 4.78 is 0. The Balaban J connectivity index is 2.20. The minimum atomic E-state index is -0.422. The van der Waals surface area contributed by atoms with E-state index < -0.39 is 5.91 Å². The van der Waals surface area contributed by atoms with E-state index in [1.54, 1.807) is 6.08 Å². The molecule has 0 fully saturated rings. The van der Waals surface area contributed by atoms with Crippen LogP contribution in [0.5, 0.6) is 0 Å². The highest BCUT2D eigenvalue weighted by atomic mass is 16.1. The minimum absolute atomic E-state index is 0.422. The molecule has 0 aromatic heterocycles. The average molecular weight is 221 g/mol. The molecule has 1 aliphatic carbocycles. The molecule has 17 heavy (non-hydrogen) atoms. The molecule has 0 spiro atoms. The number of carbonyl (C=O) groups excluding carboxylic acids is 1. The standard InChI is InChI=1S/C15H11NO/c16-14(17)8-7-11-9-12-5-1-3-10-4-2-6-13(11)15(10)12/h1-9H,(H2,16,17). The molecule has 82 valence electrons. The first-order valence-corrected chi connectivity index (χ1v) is 5.47. The molecule has 0 atom stereocenters. The molecule has 2 N–H and O–H groups in total. The Bertz CT molecular complexity index is 675. The molecule has 0 radical (unpaired) electrons. The predicted octanol–water partition coefficient (Wildman–Crippen LogP) is 2.74. The molecule has 2 aromatic rings. The van der Waals surface area contributed by atoms with Crippen LogP contribution in [0, 0.1) is 0 Å². The number of hydrogen-bond donors (Lipinski definition) is 1. The zero-order chi connectivity index (χ0) is 11.8. The van der Waals surface area contributed by atoms with Crippen LogP contribution in [0.2, 0.25) is 0 Å². The lowest BCUT2D eigenvalue weighted by Crippen LogP contribution is -2.05. The lowest BCUT2D eigenvalue weighted by molar-refractivity contribution is -0.113. The molecule has 1 aliphatic rings. The molecule has 0 heterocycles. The monoisotopic (exact) mass is 221 g/mol. The Hall–Kier alpha value is -2.35. The van der Waals surface area contributed by atoms with Gasteiger partial charge in [0.15, 0.2) is 0 Å². The lowest BCUT2D eigenvalue weighted by Gasteiger charge is -2.02. The smallest absolute Gasteiger partial charge is 0.241 e. The highest BCUT2D eigenvalue weighted by Gasteiger charge is 2.13. The van der Waals surface area contributed by atoms with Crippen LogP contribution in [0.15, 0.2) is 48.6 Å². The Morgan fingerprint density at radius 1 is 1.12 bits per heavy atom. The topological polar surface area (TPSA) is 43.1 Å². The predicted molar refractivity (Wildman–Crippen MR) is 70.2 cm³/mol. The normalized spacial score (nSPS) is 13.3. The van der Waals surface area contributed by atoms with Crippen molar-refractivity contribution in [2.75, 3.05) is 0 Å². The molecule has 2 aromatic carbocycles. The maximum absolute atomic E-state index is 10.8. The summed E-state index contributed by atoms with van der Waals surface area (Å²) in [6, 6.07) is 12.4. The Kier molecular flexibility index (Phi) is 2.08. The molecule has 2 nitrogen and oxygen atoms in total. The van der Waals surface area contributed by atoms with E-state index in [9.17, 15) is 4.79 Å². The molecular formula is C15H11NO. The summed E-state index contributed by atoms with van der Waals surface area (Å²) in [5.41, 5.74) is 8.52. The quantitative estimate of drug-likeness (QED) is 0.778. The van der Waals surface area contributed by atoms with Crippen molar-refractivity contribution in [1.82, 2.24) is 0 Å². The molecule has 3 rings (SSSR count). The second-order valence-corrected chi connectivity index (χ2v) is 4.09. The van der Waals surface area contributed by atoms with Crippen LogP contribution in [0.4, 0.5) is 0 Å². The molecule has 1 amide bonds. The number of nitrogens with two attached hydrogens (primary N) is 1. The van der Waals surface area contributed by atoms with Gasteiger partial charge in [0.25, 0.3) is 0 Å². The SMILES string of the molecule is NC(=O)C=CC1=Cc2cccc3cccc1c23. The maximum Gasteiger partial charge on any atom is 0.241 e. The molecule has 0 unspecified atom stereocenters. The van der Waals surface area contributed by atoms with Crippen molar-refractivity contribution >= 4 is 28.3 Å². The van der Waals surface area contributed by atoms with E-state index in [-0.39, 0.29) is 0 Å². The van der Waals surface area contributed by atoms with Gasteiger partial charge in [0.1, 0.15) is 0 Å². The van der Waals surface area contributed by atoms with Gasteiger partial charge in [-0.05, 0) is 39.6 Å². The summed E-state index contributed by atoms with van der Waals surface area (Å²) in [5.74, 6) is -0.422. The van der Waals surface area contributed by atoms with Gasteiger partial charge in [0.05, 0.1) is 0 Å². The molecular weight excluding hydrogens is 210 g/mol. The largest absolute Gasteiger partial charge is 0.366 e. The molecule has 0 saturated carbocycles. The summed E-state index contributed by atoms with van der Waals surface area (Å²) in [6.45, 7) is 0. The molecule has 0 aliphatic heterocycles. The van der Waals surface area contributed by atoms with Crippen LogP contribution < -0.4 is 5.73 Å². The summed E-state index contributed by atoms with van der Waals surface area (Å²) in [7, 11) is 0. The number of benzene rings is 2. The van der Waals surface area contributed by atoms with E-state index >= 15 is 0 Å². The fourth-order valence-electron chi connectivity index (χ4n) is 2.29. The Labute approximate surface area is 99.1 Å². The van der Waals surface area contributed by atoms with Crippen LogP contribution in [-0.2, 0) is 4.79 Å². The van der Waals surface area contributed by atoms with Gasteiger partial charge in [-0.1, -0.05) is 36.4 Å². The van der Waals surface area contributed by atoms with E-state index in [4.69, 9.17) is 5.73 Å². The van der Waals surface area contributed by atoms with Crippen molar-refractivity contribution in [3.63, 3.8) is 0 Å². The van der Waals surface area contributed by atoms with Crippen molar-refractivity contribution < 1.29 is 4.79 Å². The van der Waals surface area contributed by atoms with E-state index in [1.807, 2.05) is 12.1 Å². The van der Waals surface area contributed by atoms with E-state index in [0.717, 1.165) is 11.1 Å². The van der Waals surface area contributed by atoms with Gasteiger partial charge >= 0.3 is 0 Å². The maximum atomic E-state index is 10.8. The minimum Gasteiger partial charge on any atom is -0.366 e. The number of primary amides is 1. The van der Waals surface area contributed by atoms with Crippen molar-refractivity contribution in [1.29, 1.82) is 0 Å². The third kappa shape index (κ3) is 1.54. The Morgan fingerprint density at radius 2 is 1.88 bits per heavy atom. The van der Waals surface area contributed by atoms with Crippen LogP contribution in [0.3, 0.4) is 0 Å². The summed E-state index contributed by atoms with van der Waals surface area (Å²) in [5, 5.41) is 2.47. The van der Waals surface area contributed by atoms with E-state index in [1.165, 1.54) is 22.4 Å². The number of amides is 1. The van der Waals surface area contributed by atoms with Crippen molar-refractivity contribution in [2.24, 2.45) is 5.73 Å². The van der Waals surface area contributed by atoms with Gasteiger partial charge in [0, 0.05) is 6.08 Å². The van der Waals surface area contributed by atoms with Crippen LogP contribution in [0.25, 0.3) is 22.4 Å². The van der Waals surface area contributed by atoms with Crippen molar-refractivity contribution in [3.8, 4) is 0 Å².